The van der Waals surface area contributed by atoms with Crippen molar-refractivity contribution in [1.29, 1.82) is 0 Å². The number of esters is 1. The van der Waals surface area contributed by atoms with Crippen LogP contribution in [0.3, 0.4) is 0 Å². The molecule has 1 aromatic heterocycles. The summed E-state index contributed by atoms with van der Waals surface area (Å²) in [6.07, 6.45) is 0. The summed E-state index contributed by atoms with van der Waals surface area (Å²) in [5.41, 5.74) is 3.57. The highest BCUT2D eigenvalue weighted by Crippen LogP contribution is 2.28. The number of imide groups is 1. The van der Waals surface area contributed by atoms with Crippen molar-refractivity contribution < 1.29 is 23.5 Å². The number of nitrogens with one attached hydrogen (secondary N) is 2. The van der Waals surface area contributed by atoms with Crippen LogP contribution >= 0.6 is 11.3 Å². The topological polar surface area (TPSA) is 97.4 Å². The first kappa shape index (κ1) is 22.1. The number of carbonyl (C=O) groups is 3. The van der Waals surface area contributed by atoms with Crippen molar-refractivity contribution in [3.8, 4) is 10.6 Å². The zero-order chi connectivity index (χ0) is 22.5. The maximum Gasteiger partial charge on any atom is 0.350 e. The molecule has 31 heavy (non-hydrogen) atoms. The van der Waals surface area contributed by atoms with Crippen LogP contribution in [0, 0.1) is 26.6 Å². The number of urea groups is 1. The standard InChI is InChI=1S/C22H20FN3O4S/c1-12-4-9-17(13(2)10-12)25-22(29)26-18(27)11-30-21(28)19-14(3)24-20(31-19)15-5-7-16(23)8-6-15/h4-10H,11H2,1-3H3,(H2,25,26,27,29). The van der Waals surface area contributed by atoms with Crippen LogP contribution in [0.25, 0.3) is 10.6 Å². The van der Waals surface area contributed by atoms with Gasteiger partial charge in [0.15, 0.2) is 6.61 Å². The average molecular weight is 441 g/mol. The van der Waals surface area contributed by atoms with Gasteiger partial charge in [-0.3, -0.25) is 10.1 Å². The summed E-state index contributed by atoms with van der Waals surface area (Å²) in [5.74, 6) is -1.87. The van der Waals surface area contributed by atoms with Crippen LogP contribution in [0.2, 0.25) is 0 Å². The number of aryl methyl sites for hydroxylation is 3. The Labute approximate surface area is 182 Å². The molecule has 0 fully saturated rings. The van der Waals surface area contributed by atoms with Gasteiger partial charge in [-0.25, -0.2) is 19.0 Å². The Balaban J connectivity index is 1.55. The summed E-state index contributed by atoms with van der Waals surface area (Å²) in [6, 6.07) is 10.5. The summed E-state index contributed by atoms with van der Waals surface area (Å²) >= 11 is 1.08. The number of aromatic nitrogens is 1. The van der Waals surface area contributed by atoms with Gasteiger partial charge in [0.05, 0.1) is 5.69 Å². The van der Waals surface area contributed by atoms with E-state index in [1.807, 2.05) is 26.0 Å². The van der Waals surface area contributed by atoms with Crippen molar-refractivity contribution in [1.82, 2.24) is 10.3 Å². The fraction of sp³-hybridized carbons (Fsp3) is 0.182. The Morgan fingerprint density at radius 3 is 2.45 bits per heavy atom. The van der Waals surface area contributed by atoms with Crippen molar-refractivity contribution in [3.63, 3.8) is 0 Å². The first-order chi connectivity index (χ1) is 14.7. The van der Waals surface area contributed by atoms with Gasteiger partial charge >= 0.3 is 12.0 Å². The number of nitrogens with zero attached hydrogens (tertiary/aromatic N) is 1. The molecule has 3 aromatic rings. The van der Waals surface area contributed by atoms with Crippen LogP contribution < -0.4 is 10.6 Å². The Hall–Kier alpha value is -3.59. The minimum atomic E-state index is -0.767. The van der Waals surface area contributed by atoms with Crippen LogP contribution in [-0.2, 0) is 9.53 Å². The number of hydrogen-bond acceptors (Lipinski definition) is 6. The molecule has 160 valence electrons. The largest absolute Gasteiger partial charge is 0.451 e. The van der Waals surface area contributed by atoms with E-state index in [2.05, 4.69) is 15.6 Å². The maximum atomic E-state index is 13.1. The van der Waals surface area contributed by atoms with Gasteiger partial charge in [-0.05, 0) is 56.7 Å². The van der Waals surface area contributed by atoms with Gasteiger partial charge in [0.25, 0.3) is 5.91 Å². The highest BCUT2D eigenvalue weighted by molar-refractivity contribution is 7.17. The van der Waals surface area contributed by atoms with Crippen LogP contribution in [0.15, 0.2) is 42.5 Å². The molecule has 2 N–H and O–H groups in total. The maximum absolute atomic E-state index is 13.1. The van der Waals surface area contributed by atoms with E-state index in [1.54, 1.807) is 25.1 Å². The lowest BCUT2D eigenvalue weighted by Crippen LogP contribution is -2.37. The third-order valence-corrected chi connectivity index (χ3v) is 5.48. The average Bonchev–Trinajstić information content (AvgIpc) is 3.10. The van der Waals surface area contributed by atoms with Crippen molar-refractivity contribution in [2.24, 2.45) is 0 Å². The fourth-order valence-corrected chi connectivity index (χ4v) is 3.73. The lowest BCUT2D eigenvalue weighted by atomic mass is 10.1. The molecule has 0 bridgehead atoms. The fourth-order valence-electron chi connectivity index (χ4n) is 2.77. The third kappa shape index (κ3) is 5.73. The van der Waals surface area contributed by atoms with E-state index < -0.39 is 24.5 Å². The van der Waals surface area contributed by atoms with E-state index in [0.29, 0.717) is 22.0 Å². The molecule has 0 aliphatic heterocycles. The van der Waals surface area contributed by atoms with Gasteiger partial charge < -0.3 is 10.1 Å². The highest BCUT2D eigenvalue weighted by Gasteiger charge is 2.19. The highest BCUT2D eigenvalue weighted by atomic mass is 32.1. The second kappa shape index (κ2) is 9.48. The third-order valence-electron chi connectivity index (χ3n) is 4.29. The monoisotopic (exact) mass is 441 g/mol. The molecule has 3 amide bonds. The summed E-state index contributed by atoms with van der Waals surface area (Å²) in [5, 5.41) is 5.22. The number of halogens is 1. The predicted octanol–water partition coefficient (Wildman–Crippen LogP) is 4.38. The zero-order valence-electron chi connectivity index (χ0n) is 17.1. The molecule has 9 heteroatoms. The Morgan fingerprint density at radius 2 is 1.77 bits per heavy atom. The molecule has 0 saturated heterocycles. The quantitative estimate of drug-likeness (QED) is 0.573. The minimum absolute atomic E-state index is 0.229. The van der Waals surface area contributed by atoms with Crippen LogP contribution in [0.4, 0.5) is 14.9 Å². The first-order valence-corrected chi connectivity index (χ1v) is 10.1. The van der Waals surface area contributed by atoms with Crippen LogP contribution in [0.5, 0.6) is 0 Å². The molecule has 1 heterocycles. The number of anilines is 1. The van der Waals surface area contributed by atoms with Gasteiger partial charge in [0.2, 0.25) is 0 Å². The van der Waals surface area contributed by atoms with E-state index in [1.165, 1.54) is 12.1 Å². The Bertz CT molecular complexity index is 1140. The van der Waals surface area contributed by atoms with E-state index in [0.717, 1.165) is 22.5 Å². The number of carbonyl (C=O) groups excluding carboxylic acids is 3. The molecular weight excluding hydrogens is 421 g/mol. The van der Waals surface area contributed by atoms with Crippen molar-refractivity contribution in [2.75, 3.05) is 11.9 Å². The summed E-state index contributed by atoms with van der Waals surface area (Å²) in [7, 11) is 0. The molecule has 0 radical (unpaired) electrons. The summed E-state index contributed by atoms with van der Waals surface area (Å²) < 4.78 is 18.1. The van der Waals surface area contributed by atoms with E-state index >= 15 is 0 Å². The number of rotatable bonds is 5. The summed E-state index contributed by atoms with van der Waals surface area (Å²) in [4.78, 5) is 40.8. The molecular formula is C22H20FN3O4S. The molecule has 0 aliphatic rings. The van der Waals surface area contributed by atoms with E-state index in [-0.39, 0.29) is 10.7 Å². The number of thiazole rings is 1. The molecule has 2 aromatic carbocycles. The van der Waals surface area contributed by atoms with Gasteiger partial charge in [-0.2, -0.15) is 0 Å². The molecule has 0 saturated carbocycles. The van der Waals surface area contributed by atoms with Crippen molar-refractivity contribution >= 4 is 34.9 Å². The van der Waals surface area contributed by atoms with Crippen LogP contribution in [0.1, 0.15) is 26.5 Å². The molecule has 3 rings (SSSR count). The SMILES string of the molecule is Cc1ccc(NC(=O)NC(=O)COC(=O)c2sc(-c3ccc(F)cc3)nc2C)c(C)c1. The molecule has 0 aliphatic carbocycles. The Morgan fingerprint density at radius 1 is 1.06 bits per heavy atom. The molecule has 0 unspecified atom stereocenters. The molecule has 7 nitrogen and oxygen atoms in total. The lowest BCUT2D eigenvalue weighted by Gasteiger charge is -2.10. The van der Waals surface area contributed by atoms with Gasteiger partial charge in [0, 0.05) is 11.3 Å². The zero-order valence-corrected chi connectivity index (χ0v) is 17.9. The molecule has 0 atom stereocenters. The van der Waals surface area contributed by atoms with Gasteiger partial charge in [0.1, 0.15) is 15.7 Å². The van der Waals surface area contributed by atoms with Crippen molar-refractivity contribution in [3.05, 3.63) is 70.0 Å². The normalized spacial score (nSPS) is 10.5. The summed E-state index contributed by atoms with van der Waals surface area (Å²) in [6.45, 7) is 4.78. The number of hydrogen-bond donors (Lipinski definition) is 2. The minimum Gasteiger partial charge on any atom is -0.451 e. The number of ether oxygens (including phenoxy) is 1. The number of amides is 3. The van der Waals surface area contributed by atoms with Crippen LogP contribution in [-0.4, -0.2) is 29.5 Å². The molecule has 0 spiro atoms. The predicted molar refractivity (Wildman–Crippen MR) is 116 cm³/mol. The second-order valence-electron chi connectivity index (χ2n) is 6.84. The number of benzene rings is 2. The smallest absolute Gasteiger partial charge is 0.350 e. The van der Waals surface area contributed by atoms with E-state index in [9.17, 15) is 18.8 Å². The van der Waals surface area contributed by atoms with Gasteiger partial charge in [-0.1, -0.05) is 17.7 Å². The second-order valence-corrected chi connectivity index (χ2v) is 7.84. The Kier molecular flexibility index (Phi) is 6.76. The first-order valence-electron chi connectivity index (χ1n) is 9.31. The van der Waals surface area contributed by atoms with Crippen molar-refractivity contribution in [2.45, 2.75) is 20.8 Å². The van der Waals surface area contributed by atoms with Gasteiger partial charge in [-0.15, -0.1) is 11.3 Å². The lowest BCUT2D eigenvalue weighted by molar-refractivity contribution is -0.123. The van der Waals surface area contributed by atoms with E-state index in [4.69, 9.17) is 4.74 Å².